The van der Waals surface area contributed by atoms with Crippen molar-refractivity contribution in [1.29, 1.82) is 0 Å². The average Bonchev–Trinajstić information content (AvgIpc) is 2.74. The standard InChI is InChI=1S/C12H16N4O/c1-3-17-12-11(5-4-6-13-12)14-7-10-8-15-16(2)9-10/h4-6,8-9,14H,3,7H2,1-2H3. The highest BCUT2D eigenvalue weighted by molar-refractivity contribution is 5.52. The van der Waals surface area contributed by atoms with Crippen LogP contribution in [-0.4, -0.2) is 21.4 Å². The van der Waals surface area contributed by atoms with Crippen LogP contribution in [0.2, 0.25) is 0 Å². The molecule has 0 atom stereocenters. The molecule has 0 aliphatic carbocycles. The first-order chi connectivity index (χ1) is 8.29. The summed E-state index contributed by atoms with van der Waals surface area (Å²) in [4.78, 5) is 4.18. The first kappa shape index (κ1) is 11.4. The third-order valence-electron chi connectivity index (χ3n) is 2.29. The van der Waals surface area contributed by atoms with Gasteiger partial charge in [0, 0.05) is 31.5 Å². The molecule has 0 spiro atoms. The first-order valence-electron chi connectivity index (χ1n) is 5.59. The molecule has 0 aromatic carbocycles. The van der Waals surface area contributed by atoms with E-state index in [2.05, 4.69) is 15.4 Å². The molecule has 0 radical (unpaired) electrons. The van der Waals surface area contributed by atoms with E-state index in [9.17, 15) is 0 Å². The summed E-state index contributed by atoms with van der Waals surface area (Å²) in [5.41, 5.74) is 2.03. The second-order valence-electron chi connectivity index (χ2n) is 3.66. The van der Waals surface area contributed by atoms with Gasteiger partial charge in [-0.2, -0.15) is 5.10 Å². The quantitative estimate of drug-likeness (QED) is 0.854. The van der Waals surface area contributed by atoms with E-state index in [1.165, 1.54) is 0 Å². The van der Waals surface area contributed by atoms with Gasteiger partial charge in [-0.1, -0.05) is 0 Å². The predicted molar refractivity (Wildman–Crippen MR) is 65.9 cm³/mol. The molecule has 1 N–H and O–H groups in total. The Balaban J connectivity index is 2.03. The molecule has 0 aliphatic rings. The zero-order valence-electron chi connectivity index (χ0n) is 10.1. The molecule has 5 nitrogen and oxygen atoms in total. The number of nitrogens with one attached hydrogen (secondary N) is 1. The molecule has 0 saturated carbocycles. The lowest BCUT2D eigenvalue weighted by Crippen LogP contribution is -2.03. The van der Waals surface area contributed by atoms with Crippen LogP contribution in [0.25, 0.3) is 0 Å². The third-order valence-corrected chi connectivity index (χ3v) is 2.29. The van der Waals surface area contributed by atoms with E-state index in [-0.39, 0.29) is 0 Å². The van der Waals surface area contributed by atoms with Crippen LogP contribution in [0.15, 0.2) is 30.7 Å². The molecule has 5 heteroatoms. The number of nitrogens with zero attached hydrogens (tertiary/aromatic N) is 3. The number of aryl methyl sites for hydroxylation is 1. The molecule has 0 amide bonds. The van der Waals surface area contributed by atoms with Gasteiger partial charge in [-0.05, 0) is 19.1 Å². The van der Waals surface area contributed by atoms with Crippen molar-refractivity contribution in [2.45, 2.75) is 13.5 Å². The lowest BCUT2D eigenvalue weighted by atomic mass is 10.3. The Morgan fingerprint density at radius 1 is 1.47 bits per heavy atom. The Labute approximate surface area is 100 Å². The fourth-order valence-electron chi connectivity index (χ4n) is 1.54. The molecule has 2 aromatic rings. The Kier molecular flexibility index (Phi) is 3.59. The van der Waals surface area contributed by atoms with Crippen molar-refractivity contribution in [3.05, 3.63) is 36.3 Å². The number of hydrogen-bond donors (Lipinski definition) is 1. The Morgan fingerprint density at radius 2 is 2.35 bits per heavy atom. The van der Waals surface area contributed by atoms with Crippen LogP contribution < -0.4 is 10.1 Å². The number of aromatic nitrogens is 3. The molecule has 17 heavy (non-hydrogen) atoms. The van der Waals surface area contributed by atoms with Gasteiger partial charge >= 0.3 is 0 Å². The molecular weight excluding hydrogens is 216 g/mol. The summed E-state index contributed by atoms with van der Waals surface area (Å²) in [6.07, 6.45) is 5.54. The van der Waals surface area contributed by atoms with Crippen molar-refractivity contribution in [1.82, 2.24) is 14.8 Å². The molecule has 0 saturated heterocycles. The minimum atomic E-state index is 0.610. The van der Waals surface area contributed by atoms with Crippen LogP contribution >= 0.6 is 0 Å². The van der Waals surface area contributed by atoms with E-state index in [0.29, 0.717) is 19.0 Å². The largest absolute Gasteiger partial charge is 0.476 e. The zero-order chi connectivity index (χ0) is 12.1. The maximum atomic E-state index is 5.44. The molecule has 0 bridgehead atoms. The summed E-state index contributed by atoms with van der Waals surface area (Å²) in [5.74, 6) is 0.638. The molecular formula is C12H16N4O. The predicted octanol–water partition coefficient (Wildman–Crippen LogP) is 1.83. The van der Waals surface area contributed by atoms with Crippen LogP contribution in [0, 0.1) is 0 Å². The highest BCUT2D eigenvalue weighted by Crippen LogP contribution is 2.20. The van der Waals surface area contributed by atoms with Gasteiger partial charge in [0.2, 0.25) is 5.88 Å². The SMILES string of the molecule is CCOc1ncccc1NCc1cnn(C)c1. The van der Waals surface area contributed by atoms with Gasteiger partial charge in [-0.15, -0.1) is 0 Å². The van der Waals surface area contributed by atoms with Gasteiger partial charge in [0.1, 0.15) is 0 Å². The van der Waals surface area contributed by atoms with Crippen molar-refractivity contribution in [2.24, 2.45) is 7.05 Å². The van der Waals surface area contributed by atoms with Crippen LogP contribution in [0.4, 0.5) is 5.69 Å². The molecule has 2 heterocycles. The van der Waals surface area contributed by atoms with Crippen molar-refractivity contribution in [3.8, 4) is 5.88 Å². The van der Waals surface area contributed by atoms with Crippen LogP contribution in [0.1, 0.15) is 12.5 Å². The van der Waals surface area contributed by atoms with E-state index in [1.54, 1.807) is 10.9 Å². The van der Waals surface area contributed by atoms with E-state index < -0.39 is 0 Å². The highest BCUT2D eigenvalue weighted by atomic mass is 16.5. The van der Waals surface area contributed by atoms with Gasteiger partial charge < -0.3 is 10.1 Å². The highest BCUT2D eigenvalue weighted by Gasteiger charge is 2.03. The fourth-order valence-corrected chi connectivity index (χ4v) is 1.54. The molecule has 0 fully saturated rings. The number of pyridine rings is 1. The molecule has 90 valence electrons. The number of rotatable bonds is 5. The van der Waals surface area contributed by atoms with E-state index in [1.807, 2.05) is 38.5 Å². The van der Waals surface area contributed by atoms with Gasteiger partial charge in [0.05, 0.1) is 18.5 Å². The van der Waals surface area contributed by atoms with Crippen LogP contribution in [-0.2, 0) is 13.6 Å². The van der Waals surface area contributed by atoms with Crippen molar-refractivity contribution < 1.29 is 4.74 Å². The van der Waals surface area contributed by atoms with Gasteiger partial charge in [-0.3, -0.25) is 4.68 Å². The number of ether oxygens (including phenoxy) is 1. The van der Waals surface area contributed by atoms with Gasteiger partial charge in [-0.25, -0.2) is 4.98 Å². The zero-order valence-corrected chi connectivity index (χ0v) is 10.1. The van der Waals surface area contributed by atoms with E-state index >= 15 is 0 Å². The van der Waals surface area contributed by atoms with Crippen LogP contribution in [0.5, 0.6) is 5.88 Å². The van der Waals surface area contributed by atoms with Gasteiger partial charge in [0.15, 0.2) is 0 Å². The normalized spacial score (nSPS) is 10.2. The topological polar surface area (TPSA) is 52.0 Å². The van der Waals surface area contributed by atoms with Crippen molar-refractivity contribution in [3.63, 3.8) is 0 Å². The Hall–Kier alpha value is -2.04. The van der Waals surface area contributed by atoms with Gasteiger partial charge in [0.25, 0.3) is 0 Å². The maximum Gasteiger partial charge on any atom is 0.237 e. The monoisotopic (exact) mass is 232 g/mol. The lowest BCUT2D eigenvalue weighted by molar-refractivity contribution is 0.328. The second-order valence-corrected chi connectivity index (χ2v) is 3.66. The molecule has 0 aliphatic heterocycles. The molecule has 0 unspecified atom stereocenters. The summed E-state index contributed by atoms with van der Waals surface area (Å²) in [6.45, 7) is 3.26. The van der Waals surface area contributed by atoms with Crippen LogP contribution in [0.3, 0.4) is 0 Å². The maximum absolute atomic E-state index is 5.44. The van der Waals surface area contributed by atoms with E-state index in [4.69, 9.17) is 4.74 Å². The fraction of sp³-hybridized carbons (Fsp3) is 0.333. The summed E-state index contributed by atoms with van der Waals surface area (Å²) in [6, 6.07) is 3.84. The minimum Gasteiger partial charge on any atom is -0.476 e. The molecule has 2 aromatic heterocycles. The van der Waals surface area contributed by atoms with Crippen molar-refractivity contribution >= 4 is 5.69 Å². The number of anilines is 1. The van der Waals surface area contributed by atoms with Crippen molar-refractivity contribution in [2.75, 3.05) is 11.9 Å². The summed E-state index contributed by atoms with van der Waals surface area (Å²) < 4.78 is 7.22. The molecule has 2 rings (SSSR count). The first-order valence-corrected chi connectivity index (χ1v) is 5.59. The Bertz CT molecular complexity index is 481. The average molecular weight is 232 g/mol. The summed E-state index contributed by atoms with van der Waals surface area (Å²) in [7, 11) is 1.90. The Morgan fingerprint density at radius 3 is 3.06 bits per heavy atom. The summed E-state index contributed by atoms with van der Waals surface area (Å²) >= 11 is 0. The number of hydrogen-bond acceptors (Lipinski definition) is 4. The smallest absolute Gasteiger partial charge is 0.237 e. The summed E-state index contributed by atoms with van der Waals surface area (Å²) in [5, 5.41) is 7.40. The van der Waals surface area contributed by atoms with E-state index in [0.717, 1.165) is 11.3 Å². The second kappa shape index (κ2) is 5.34. The minimum absolute atomic E-state index is 0.610. The lowest BCUT2D eigenvalue weighted by Gasteiger charge is -2.09. The third kappa shape index (κ3) is 2.96.